The van der Waals surface area contributed by atoms with Gasteiger partial charge in [0.25, 0.3) is 17.5 Å². The monoisotopic (exact) mass is 1540 g/mol. The van der Waals surface area contributed by atoms with Crippen LogP contribution in [0.25, 0.3) is 22.6 Å². The molecule has 0 saturated carbocycles. The fraction of sp³-hybridized carbons (Fsp3) is 0.209. The van der Waals surface area contributed by atoms with Gasteiger partial charge in [-0.3, -0.25) is 29.7 Å². The van der Waals surface area contributed by atoms with E-state index in [1.165, 1.54) is 117 Å². The van der Waals surface area contributed by atoms with Crippen LogP contribution in [0.2, 0.25) is 0 Å². The number of amides is 2. The van der Waals surface area contributed by atoms with Crippen molar-refractivity contribution in [1.82, 2.24) is 69.0 Å². The van der Waals surface area contributed by atoms with E-state index in [-0.39, 0.29) is 82.2 Å². The van der Waals surface area contributed by atoms with E-state index in [0.29, 0.717) is 63.1 Å². The van der Waals surface area contributed by atoms with Gasteiger partial charge in [-0.2, -0.15) is 20.4 Å². The minimum Gasteiger partial charge on any atom is -0.477 e. The number of nitrogens with two attached hydrogens (primary N) is 1. The summed E-state index contributed by atoms with van der Waals surface area (Å²) >= 11 is 0. The maximum Gasteiger partial charge on any atom is 0.358 e. The molecule has 40 nitrogen and oxygen atoms in total. The smallest absolute Gasteiger partial charge is 0.358 e. The van der Waals surface area contributed by atoms with Gasteiger partial charge < -0.3 is 59.7 Å². The lowest BCUT2D eigenvalue weighted by atomic mass is 10.2. The Morgan fingerprint density at radius 3 is 1.12 bits per heavy atom. The molecule has 44 heteroatoms. The first-order valence-corrected chi connectivity index (χ1v) is 31.1. The van der Waals surface area contributed by atoms with Crippen LogP contribution in [-0.4, -0.2) is 213 Å². The Bertz CT molecular complexity index is 5530. The maximum absolute atomic E-state index is 13.2. The molecule has 6 N–H and O–H groups in total. The van der Waals surface area contributed by atoms with Gasteiger partial charge in [0.1, 0.15) is 29.4 Å². The van der Waals surface area contributed by atoms with Crippen LogP contribution >= 0.6 is 0 Å². The molecule has 0 atom stereocenters. The third kappa shape index (κ3) is 21.1. The second-order valence-electron chi connectivity index (χ2n) is 22.0. The van der Waals surface area contributed by atoms with Crippen LogP contribution in [0.4, 0.5) is 17.6 Å². The van der Waals surface area contributed by atoms with Gasteiger partial charge in [0.05, 0.1) is 61.2 Å². The summed E-state index contributed by atoms with van der Waals surface area (Å²) in [5.41, 5.74) is 9.26. The molecular weight excluding hydrogens is 1480 g/mol. The number of carbonyl (C=O) groups is 11. The van der Waals surface area contributed by atoms with Crippen molar-refractivity contribution in [3.63, 3.8) is 0 Å². The molecule has 12 rings (SSSR count). The number of rotatable bonds is 16. The van der Waals surface area contributed by atoms with Crippen molar-refractivity contribution in [3.05, 3.63) is 221 Å². The number of ether oxygens (including phenoxy) is 7. The number of carbonyl (C=O) groups excluding carboxylic acids is 9. The minimum atomic E-state index is -1.40. The number of carboxylic acids is 2. The predicted octanol–water partition coefficient (Wildman–Crippen LogP) is 3.82. The zero-order valence-corrected chi connectivity index (χ0v) is 59.4. The average Bonchev–Trinajstić information content (AvgIpc) is 1.67. The zero-order chi connectivity index (χ0) is 81.8. The number of esters is 7. The lowest BCUT2D eigenvalue weighted by Gasteiger charge is -2.07. The quantitative estimate of drug-likeness (QED) is 0.0302. The van der Waals surface area contributed by atoms with Crippen molar-refractivity contribution in [2.75, 3.05) is 62.9 Å². The first kappa shape index (κ1) is 83.1. The minimum absolute atomic E-state index is 0.00389. The molecule has 2 aromatic carbocycles. The number of nitrogens with one attached hydrogen (secondary N) is 2. The summed E-state index contributed by atoms with van der Waals surface area (Å²) in [5, 5.41) is 49.3. The number of aromatic carboxylic acids is 2. The number of hydrogen-bond donors (Lipinski definition) is 5. The molecule has 8 aromatic heterocycles. The topological polar surface area (TPSA) is 532 Å². The van der Waals surface area contributed by atoms with E-state index in [9.17, 15) is 85.5 Å². The lowest BCUT2D eigenvalue weighted by molar-refractivity contribution is -0.424. The van der Waals surface area contributed by atoms with Gasteiger partial charge in [0.2, 0.25) is 0 Å². The number of halogens is 4. The summed E-state index contributed by atoms with van der Waals surface area (Å²) < 4.78 is 89.0. The summed E-state index contributed by atoms with van der Waals surface area (Å²) in [6.45, 7) is 5.34. The number of aryl methyl sites for hydroxylation is 3. The summed E-state index contributed by atoms with van der Waals surface area (Å²) in [5.74, 6) is -12.0. The first-order chi connectivity index (χ1) is 52.6. The van der Waals surface area contributed by atoms with E-state index in [1.54, 1.807) is 20.8 Å². The molecule has 10 heterocycles. The van der Waals surface area contributed by atoms with Crippen molar-refractivity contribution in [2.45, 2.75) is 33.9 Å². The van der Waals surface area contributed by atoms with E-state index in [0.717, 1.165) is 48.0 Å². The molecule has 578 valence electrons. The molecule has 0 spiro atoms. The van der Waals surface area contributed by atoms with Gasteiger partial charge in [0, 0.05) is 72.3 Å². The highest BCUT2D eigenvalue weighted by atomic mass is 19.2. The third-order valence-corrected chi connectivity index (χ3v) is 14.5. The first-order valence-electron chi connectivity index (χ1n) is 31.1. The van der Waals surface area contributed by atoms with Crippen LogP contribution in [0.1, 0.15) is 123 Å². The molecule has 0 unspecified atom stereocenters. The van der Waals surface area contributed by atoms with E-state index < -0.39 is 99.4 Å². The Kier molecular flexibility index (Phi) is 27.8. The van der Waals surface area contributed by atoms with E-state index in [2.05, 4.69) is 94.1 Å². The Morgan fingerprint density at radius 1 is 0.432 bits per heavy atom. The Labute approximate surface area is 618 Å². The molecule has 0 aliphatic carbocycles. The summed E-state index contributed by atoms with van der Waals surface area (Å²) in [4.78, 5) is 159. The standard InChI is InChI=1S/C17H12F2N4O5.C17H14F2N4O3.C11H11N3O4.C10H9N3O4.C6H6N2O4.C6H8N2O2/c1-28-17(27)12-6-14-21-11(5-13(16(25)26)23(14)22-12)15(24)20-7-8-2-3-9(18)10(19)4-8;1-9-5-13(21-15-7-14(17(25)26-2)22-23(9)15)16(24)20-8-10-3-4-11(18)12(19)6-10;1-6-4-7(10(15)17-2)12-9-5-8(11(16)18-3)13-14(6)9;1-5-3-6(9(14)15)11-8-4-7(10(16)17-2)12-13(5)8;1-12-6(9)5-2-4(3-7-5)8(10)11;1-10-6(9)5-2-4(7)3-8-5/h2-6H,7H2,1H3,(H,20,24)(H,25,26);3-7H,8H2,1-2H3,(H,20,24);4-5H,1-3H3;3-4H,1-2H3,(H,14,15);2H,3H2,1H3;2H,3,7H2,1H3. The number of nitro groups is 1. The second-order valence-corrected chi connectivity index (χ2v) is 22.0. The SMILES string of the molecule is COC(=O)C1=NCC(N)=C1.COC(=O)C1=NCC([N+](=O)[O-])=C1.COC(=O)c1cc(C)n2nc(C(=O)OC)cc2n1.COC(=O)c1cc2nc(C(=O)NCc3ccc(F)c(F)c3)cc(C(=O)O)n2n1.COC(=O)c1cc2nc(C(=O)NCc3ccc(F)c(F)c3)cc(C)n2n1.COC(=O)c1cc2nc(C(=O)O)cc(C)n2n1. The van der Waals surface area contributed by atoms with E-state index in [1.807, 2.05) is 0 Å². The number of nitrogens with zero attached hydrogens (tertiary/aromatic N) is 15. The highest BCUT2D eigenvalue weighted by Gasteiger charge is 2.25. The van der Waals surface area contributed by atoms with Crippen molar-refractivity contribution >= 4 is 99.6 Å². The number of fused-ring (bicyclic) bond motifs is 4. The van der Waals surface area contributed by atoms with Crippen LogP contribution in [0.3, 0.4) is 0 Å². The van der Waals surface area contributed by atoms with Crippen LogP contribution in [0.15, 0.2) is 118 Å². The van der Waals surface area contributed by atoms with Crippen molar-refractivity contribution in [1.29, 1.82) is 0 Å². The van der Waals surface area contributed by atoms with E-state index >= 15 is 0 Å². The number of methoxy groups -OCH3 is 7. The van der Waals surface area contributed by atoms with Gasteiger partial charge in [-0.15, -0.1) is 0 Å². The molecule has 2 amide bonds. The molecule has 0 saturated heterocycles. The van der Waals surface area contributed by atoms with Crippen molar-refractivity contribution in [2.24, 2.45) is 15.7 Å². The van der Waals surface area contributed by atoms with Gasteiger partial charge in [-0.1, -0.05) is 12.1 Å². The van der Waals surface area contributed by atoms with Gasteiger partial charge in [-0.25, -0.2) is 98.7 Å². The predicted molar refractivity (Wildman–Crippen MR) is 368 cm³/mol. The maximum atomic E-state index is 13.2. The number of aliphatic imine (C=N–C) groups is 2. The third-order valence-electron chi connectivity index (χ3n) is 14.5. The lowest BCUT2D eigenvalue weighted by Crippen LogP contribution is -2.25. The summed E-state index contributed by atoms with van der Waals surface area (Å²) in [6.07, 6.45) is 2.64. The van der Waals surface area contributed by atoms with Gasteiger partial charge in [0.15, 0.2) is 85.7 Å². The number of benzene rings is 2. The second kappa shape index (κ2) is 37.2. The molecule has 2 aliphatic heterocycles. The Hall–Kier alpha value is -15.2. The van der Waals surface area contributed by atoms with Crippen LogP contribution < -0.4 is 16.4 Å². The van der Waals surface area contributed by atoms with Gasteiger partial charge >= 0.3 is 53.7 Å². The Balaban J connectivity index is 0.000000191. The van der Waals surface area contributed by atoms with Crippen LogP contribution in [-0.2, 0) is 55.8 Å². The molecule has 0 fully saturated rings. The fourth-order valence-corrected chi connectivity index (χ4v) is 9.14. The zero-order valence-electron chi connectivity index (χ0n) is 59.4. The number of carboxylic acid groups (broad SMARTS) is 2. The molecule has 10 aromatic rings. The highest BCUT2D eigenvalue weighted by Crippen LogP contribution is 2.18. The molecule has 2 aliphatic rings. The number of hydrogen-bond acceptors (Lipinski definition) is 31. The number of aromatic nitrogens is 12. The molecule has 111 heavy (non-hydrogen) atoms. The van der Waals surface area contributed by atoms with Crippen LogP contribution in [0, 0.1) is 54.2 Å². The largest absolute Gasteiger partial charge is 0.477 e. The van der Waals surface area contributed by atoms with Crippen LogP contribution in [0.5, 0.6) is 0 Å². The summed E-state index contributed by atoms with van der Waals surface area (Å²) in [7, 11) is 8.68. The van der Waals surface area contributed by atoms with Gasteiger partial charge in [-0.05, 0) is 80.4 Å². The molecule has 0 bridgehead atoms. The van der Waals surface area contributed by atoms with E-state index in [4.69, 9.17) is 10.8 Å². The molecule has 0 radical (unpaired) electrons. The van der Waals surface area contributed by atoms with Crippen molar-refractivity contribution < 1.29 is 119 Å². The fourth-order valence-electron chi connectivity index (χ4n) is 9.14. The normalized spacial score (nSPS) is 11.6. The Morgan fingerprint density at radius 2 is 0.766 bits per heavy atom. The summed E-state index contributed by atoms with van der Waals surface area (Å²) in [6, 6.07) is 17.3. The average molecular weight is 1550 g/mol. The van der Waals surface area contributed by atoms with Crippen molar-refractivity contribution in [3.8, 4) is 0 Å². The highest BCUT2D eigenvalue weighted by molar-refractivity contribution is 6.42. The molecular formula is C67H60F4N18O22.